The Bertz CT molecular complexity index is 769. The molecule has 1 aromatic heterocycles. The van der Waals surface area contributed by atoms with Crippen LogP contribution in [0.3, 0.4) is 0 Å². The number of thiophene rings is 1. The first-order valence-electron chi connectivity index (χ1n) is 5.89. The van der Waals surface area contributed by atoms with E-state index in [2.05, 4.69) is 5.32 Å². The molecule has 2 aromatic rings. The van der Waals surface area contributed by atoms with Crippen LogP contribution >= 0.6 is 22.9 Å². The number of rotatable bonds is 4. The molecule has 0 radical (unpaired) electrons. The Morgan fingerprint density at radius 3 is 2.57 bits per heavy atom. The summed E-state index contributed by atoms with van der Waals surface area (Å²) in [7, 11) is -0.651. The number of carbonyl (C=O) groups excluding carboxylic acids is 1. The lowest BCUT2D eigenvalue weighted by atomic mass is 10.3. The molecule has 1 heterocycles. The zero-order valence-electron chi connectivity index (χ0n) is 11.3. The minimum atomic E-state index is -3.53. The molecule has 0 aliphatic heterocycles. The van der Waals surface area contributed by atoms with Gasteiger partial charge in [0.05, 0.1) is 20.5 Å². The second kappa shape index (κ2) is 6.15. The molecule has 1 amide bonds. The summed E-state index contributed by atoms with van der Waals surface area (Å²) in [6.45, 7) is 0. The van der Waals surface area contributed by atoms with Crippen LogP contribution in [0.2, 0.25) is 5.02 Å². The Morgan fingerprint density at radius 2 is 1.95 bits per heavy atom. The molecule has 8 heteroatoms. The molecule has 0 aliphatic carbocycles. The average molecular weight is 345 g/mol. The van der Waals surface area contributed by atoms with E-state index in [1.807, 2.05) is 0 Å². The quantitative estimate of drug-likeness (QED) is 0.927. The van der Waals surface area contributed by atoms with Gasteiger partial charge in [-0.05, 0) is 18.2 Å². The van der Waals surface area contributed by atoms with Gasteiger partial charge in [-0.3, -0.25) is 4.79 Å². The Balaban J connectivity index is 2.23. The summed E-state index contributed by atoms with van der Waals surface area (Å²) in [4.78, 5) is 12.5. The maximum absolute atomic E-state index is 12.1. The first-order chi connectivity index (χ1) is 9.82. The molecular weight excluding hydrogens is 332 g/mol. The van der Waals surface area contributed by atoms with Crippen LogP contribution in [-0.4, -0.2) is 32.7 Å². The summed E-state index contributed by atoms with van der Waals surface area (Å²) in [6.07, 6.45) is 0. The van der Waals surface area contributed by atoms with Crippen LogP contribution in [0, 0.1) is 0 Å². The molecule has 21 heavy (non-hydrogen) atoms. The van der Waals surface area contributed by atoms with Crippen LogP contribution in [0.25, 0.3) is 0 Å². The van der Waals surface area contributed by atoms with Crippen LogP contribution in [-0.2, 0) is 10.0 Å². The number of amides is 1. The molecule has 0 spiro atoms. The van der Waals surface area contributed by atoms with Gasteiger partial charge in [-0.25, -0.2) is 12.7 Å². The van der Waals surface area contributed by atoms with Crippen molar-refractivity contribution < 1.29 is 13.2 Å². The average Bonchev–Trinajstić information content (AvgIpc) is 2.91. The van der Waals surface area contributed by atoms with Crippen molar-refractivity contribution >= 4 is 44.6 Å². The van der Waals surface area contributed by atoms with Gasteiger partial charge in [0, 0.05) is 19.5 Å². The van der Waals surface area contributed by atoms with Gasteiger partial charge in [0.25, 0.3) is 5.91 Å². The first-order valence-corrected chi connectivity index (χ1v) is 8.59. The second-order valence-electron chi connectivity index (χ2n) is 4.37. The van der Waals surface area contributed by atoms with Crippen LogP contribution in [0.5, 0.6) is 0 Å². The summed E-state index contributed by atoms with van der Waals surface area (Å²) in [6, 6.07) is 8.19. The summed E-state index contributed by atoms with van der Waals surface area (Å²) in [5.41, 5.74) is 0.481. The third-order valence-corrected chi connectivity index (χ3v) is 5.90. The number of sulfonamides is 1. The molecule has 0 bridgehead atoms. The van der Waals surface area contributed by atoms with E-state index in [0.29, 0.717) is 15.6 Å². The van der Waals surface area contributed by atoms with Gasteiger partial charge in [-0.1, -0.05) is 23.7 Å². The van der Waals surface area contributed by atoms with Gasteiger partial charge in [0.15, 0.2) is 0 Å². The summed E-state index contributed by atoms with van der Waals surface area (Å²) >= 11 is 7.03. The molecule has 0 aliphatic rings. The smallest absolute Gasteiger partial charge is 0.265 e. The second-order valence-corrected chi connectivity index (χ2v) is 7.84. The molecule has 0 saturated heterocycles. The number of benzene rings is 1. The van der Waals surface area contributed by atoms with E-state index in [9.17, 15) is 13.2 Å². The molecular formula is C13H13ClN2O3S2. The number of hydrogen-bond donors (Lipinski definition) is 1. The standard InChI is InChI=1S/C13H13ClN2O3S2/c1-16(2)21(18,19)9-7-12(20-8-9)13(17)15-11-6-4-3-5-10(11)14/h3-8H,1-2H3,(H,15,17). The molecule has 1 N–H and O–H groups in total. The number of hydrogen-bond acceptors (Lipinski definition) is 4. The highest BCUT2D eigenvalue weighted by Gasteiger charge is 2.21. The van der Waals surface area contributed by atoms with Crippen LogP contribution < -0.4 is 5.32 Å². The summed E-state index contributed by atoms with van der Waals surface area (Å²) in [5, 5.41) is 4.51. The van der Waals surface area contributed by atoms with Crippen molar-refractivity contribution in [2.45, 2.75) is 4.90 Å². The fourth-order valence-corrected chi connectivity index (χ4v) is 3.77. The highest BCUT2D eigenvalue weighted by molar-refractivity contribution is 7.89. The van der Waals surface area contributed by atoms with E-state index in [-0.39, 0.29) is 4.90 Å². The van der Waals surface area contributed by atoms with Gasteiger partial charge in [0.2, 0.25) is 10.0 Å². The molecule has 1 aromatic carbocycles. The topological polar surface area (TPSA) is 66.5 Å². The van der Waals surface area contributed by atoms with Crippen LogP contribution in [0.1, 0.15) is 9.67 Å². The lowest BCUT2D eigenvalue weighted by molar-refractivity contribution is 0.103. The van der Waals surface area contributed by atoms with E-state index in [1.165, 1.54) is 25.5 Å². The first kappa shape index (κ1) is 16.0. The molecule has 5 nitrogen and oxygen atoms in total. The van der Waals surface area contributed by atoms with E-state index < -0.39 is 15.9 Å². The Labute approximate surface area is 132 Å². The van der Waals surface area contributed by atoms with E-state index in [4.69, 9.17) is 11.6 Å². The highest BCUT2D eigenvalue weighted by Crippen LogP contribution is 2.25. The minimum absolute atomic E-state index is 0.0989. The lowest BCUT2D eigenvalue weighted by Gasteiger charge is -2.08. The van der Waals surface area contributed by atoms with E-state index in [1.54, 1.807) is 24.3 Å². The van der Waals surface area contributed by atoms with Crippen molar-refractivity contribution in [3.8, 4) is 0 Å². The largest absolute Gasteiger partial charge is 0.320 e. The van der Waals surface area contributed by atoms with Crippen molar-refractivity contribution in [1.29, 1.82) is 0 Å². The summed E-state index contributed by atoms with van der Waals surface area (Å²) < 4.78 is 25.0. The van der Waals surface area contributed by atoms with Crippen molar-refractivity contribution in [2.24, 2.45) is 0 Å². The van der Waals surface area contributed by atoms with Crippen molar-refractivity contribution in [3.05, 3.63) is 45.6 Å². The van der Waals surface area contributed by atoms with Crippen LogP contribution in [0.4, 0.5) is 5.69 Å². The Morgan fingerprint density at radius 1 is 1.29 bits per heavy atom. The highest BCUT2D eigenvalue weighted by atomic mass is 35.5. The number of nitrogens with one attached hydrogen (secondary N) is 1. The van der Waals surface area contributed by atoms with Gasteiger partial charge in [0.1, 0.15) is 0 Å². The number of para-hydroxylation sites is 1. The van der Waals surface area contributed by atoms with Gasteiger partial charge < -0.3 is 5.32 Å². The monoisotopic (exact) mass is 344 g/mol. The molecule has 112 valence electrons. The number of carbonyl (C=O) groups is 1. The lowest BCUT2D eigenvalue weighted by Crippen LogP contribution is -2.21. The normalized spacial score (nSPS) is 11.6. The van der Waals surface area contributed by atoms with Crippen molar-refractivity contribution in [2.75, 3.05) is 19.4 Å². The molecule has 0 unspecified atom stereocenters. The predicted octanol–water partition coefficient (Wildman–Crippen LogP) is 2.90. The Hall–Kier alpha value is -1.41. The van der Waals surface area contributed by atoms with Crippen LogP contribution in [0.15, 0.2) is 40.6 Å². The minimum Gasteiger partial charge on any atom is -0.320 e. The Kier molecular flexibility index (Phi) is 4.67. The third kappa shape index (κ3) is 3.44. The SMILES string of the molecule is CN(C)S(=O)(=O)c1csc(C(=O)Nc2ccccc2Cl)c1. The fourth-order valence-electron chi connectivity index (χ4n) is 1.53. The van der Waals surface area contributed by atoms with E-state index in [0.717, 1.165) is 15.6 Å². The number of halogens is 1. The van der Waals surface area contributed by atoms with Gasteiger partial charge >= 0.3 is 0 Å². The number of anilines is 1. The van der Waals surface area contributed by atoms with E-state index >= 15 is 0 Å². The predicted molar refractivity (Wildman–Crippen MR) is 84.6 cm³/mol. The van der Waals surface area contributed by atoms with Crippen molar-refractivity contribution in [3.63, 3.8) is 0 Å². The molecule has 0 atom stereocenters. The van der Waals surface area contributed by atoms with Gasteiger partial charge in [-0.2, -0.15) is 0 Å². The molecule has 0 saturated carbocycles. The maximum atomic E-state index is 12.1. The zero-order valence-corrected chi connectivity index (χ0v) is 13.7. The fraction of sp³-hybridized carbons (Fsp3) is 0.154. The van der Waals surface area contributed by atoms with Crippen molar-refractivity contribution in [1.82, 2.24) is 4.31 Å². The maximum Gasteiger partial charge on any atom is 0.265 e. The third-order valence-electron chi connectivity index (χ3n) is 2.70. The molecule has 2 rings (SSSR count). The number of nitrogens with zero attached hydrogens (tertiary/aromatic N) is 1. The van der Waals surface area contributed by atoms with Gasteiger partial charge in [-0.15, -0.1) is 11.3 Å². The molecule has 0 fully saturated rings. The zero-order chi connectivity index (χ0) is 15.6. The summed E-state index contributed by atoms with van der Waals surface area (Å²) in [5.74, 6) is -0.395.